The molecule has 1 heterocycles. The fraction of sp³-hybridized carbons (Fsp3) is 0.286. The van der Waals surface area contributed by atoms with Gasteiger partial charge in [0.05, 0.1) is 27.3 Å². The maximum atomic E-state index is 14.0. The van der Waals surface area contributed by atoms with E-state index in [1.165, 1.54) is 23.5 Å². The summed E-state index contributed by atoms with van der Waals surface area (Å²) < 4.78 is 26.4. The number of esters is 1. The van der Waals surface area contributed by atoms with Crippen LogP contribution in [0.5, 0.6) is 0 Å². The van der Waals surface area contributed by atoms with E-state index in [0.717, 1.165) is 27.5 Å². The van der Waals surface area contributed by atoms with Gasteiger partial charge < -0.3 is 9.47 Å². The predicted octanol–water partition coefficient (Wildman–Crippen LogP) is 8.06. The van der Waals surface area contributed by atoms with E-state index in [-0.39, 0.29) is 6.61 Å². The van der Waals surface area contributed by atoms with Crippen LogP contribution in [0.25, 0.3) is 31.9 Å². The number of thiazole rings is 1. The van der Waals surface area contributed by atoms with Crippen LogP contribution in [0.4, 0.5) is 10.1 Å². The van der Waals surface area contributed by atoms with Crippen LogP contribution in [0.3, 0.4) is 0 Å². The summed E-state index contributed by atoms with van der Waals surface area (Å²) in [5.74, 6) is -1.43. The van der Waals surface area contributed by atoms with E-state index in [0.29, 0.717) is 26.7 Å². The smallest absolute Gasteiger partial charge is 0.339 e. The summed E-state index contributed by atoms with van der Waals surface area (Å²) in [6.45, 7) is 9.38. The number of carbonyl (C=O) groups is 1. The van der Waals surface area contributed by atoms with Gasteiger partial charge in [-0.05, 0) is 76.1 Å². The van der Waals surface area contributed by atoms with Gasteiger partial charge in [-0.2, -0.15) is 4.39 Å². The van der Waals surface area contributed by atoms with E-state index in [4.69, 9.17) is 26.1 Å². The van der Waals surface area contributed by atoms with Crippen LogP contribution in [0.15, 0.2) is 48.5 Å². The second-order valence-electron chi connectivity index (χ2n) is 9.64. The van der Waals surface area contributed by atoms with Crippen LogP contribution in [0.2, 0.25) is 5.02 Å². The van der Waals surface area contributed by atoms with Crippen molar-refractivity contribution < 1.29 is 23.6 Å². The molecule has 0 N–H and O–H groups in total. The third-order valence-electron chi connectivity index (χ3n) is 5.68. The summed E-state index contributed by atoms with van der Waals surface area (Å²) in [6.07, 6.45) is -1.03. The van der Waals surface area contributed by atoms with Crippen molar-refractivity contribution in [1.82, 2.24) is 4.98 Å². The zero-order chi connectivity index (χ0) is 27.8. The Hall–Kier alpha value is -3.40. The van der Waals surface area contributed by atoms with Gasteiger partial charge in [-0.25, -0.2) is 9.78 Å². The molecule has 38 heavy (non-hydrogen) atoms. The summed E-state index contributed by atoms with van der Waals surface area (Å²) in [6, 6.07) is 12.7. The summed E-state index contributed by atoms with van der Waals surface area (Å²) >= 11 is 7.46. The van der Waals surface area contributed by atoms with Crippen molar-refractivity contribution in [2.75, 3.05) is 6.61 Å². The van der Waals surface area contributed by atoms with Crippen LogP contribution < -0.4 is 0 Å². The number of nitrogens with zero attached hydrogens (tertiary/aromatic N) is 2. The normalized spacial score (nSPS) is 12.5. The van der Waals surface area contributed by atoms with Gasteiger partial charge in [0, 0.05) is 27.8 Å². The molecule has 4 aromatic rings. The first kappa shape index (κ1) is 27.6. The highest BCUT2D eigenvalue weighted by Gasteiger charge is 2.33. The lowest BCUT2D eigenvalue weighted by Crippen LogP contribution is -2.29. The van der Waals surface area contributed by atoms with Crippen molar-refractivity contribution in [3.05, 3.63) is 80.6 Å². The van der Waals surface area contributed by atoms with Gasteiger partial charge in [0.1, 0.15) is 5.01 Å². The molecule has 0 aliphatic carbocycles. The number of hydrogen-bond donors (Lipinski definition) is 0. The maximum absolute atomic E-state index is 14.0. The van der Waals surface area contributed by atoms with Crippen LogP contribution in [-0.2, 0) is 14.3 Å². The summed E-state index contributed by atoms with van der Waals surface area (Å²) in [4.78, 5) is 28.5. The third kappa shape index (κ3) is 5.70. The minimum absolute atomic E-state index is 0.189. The van der Waals surface area contributed by atoms with Crippen molar-refractivity contribution in [1.29, 1.82) is 0 Å². The zero-order valence-corrected chi connectivity index (χ0v) is 23.1. The highest BCUT2D eigenvalue weighted by Crippen LogP contribution is 2.45. The Balaban J connectivity index is 2.03. The number of hydrogen-bond acceptors (Lipinski definition) is 7. The number of nitro benzene ring substituents is 1. The number of halogens is 2. The first-order valence-corrected chi connectivity index (χ1v) is 13.1. The topological polar surface area (TPSA) is 91.6 Å². The minimum atomic E-state index is -1.03. The second-order valence-corrected chi connectivity index (χ2v) is 11.1. The van der Waals surface area contributed by atoms with Crippen LogP contribution >= 0.6 is 22.9 Å². The molecule has 0 saturated carbocycles. The lowest BCUT2D eigenvalue weighted by Gasteiger charge is -2.29. The Morgan fingerprint density at radius 1 is 1.16 bits per heavy atom. The Kier molecular flexibility index (Phi) is 7.83. The number of aromatic nitrogens is 1. The van der Waals surface area contributed by atoms with Crippen molar-refractivity contribution >= 4 is 44.8 Å². The van der Waals surface area contributed by atoms with E-state index in [1.807, 2.05) is 45.9 Å². The largest absolute Gasteiger partial charge is 0.464 e. The fourth-order valence-corrected chi connectivity index (χ4v) is 5.40. The summed E-state index contributed by atoms with van der Waals surface area (Å²) in [7, 11) is 0. The number of carbonyl (C=O) groups excluding carboxylic acids is 1. The number of fused-ring (bicyclic) bond motifs is 1. The molecule has 3 aromatic carbocycles. The van der Waals surface area contributed by atoms with Gasteiger partial charge in [0.15, 0.2) is 6.10 Å². The monoisotopic (exact) mass is 556 g/mol. The predicted molar refractivity (Wildman–Crippen MR) is 147 cm³/mol. The van der Waals surface area contributed by atoms with Crippen molar-refractivity contribution in [2.45, 2.75) is 46.3 Å². The molecule has 7 nitrogen and oxygen atoms in total. The van der Waals surface area contributed by atoms with Crippen LogP contribution in [0, 0.1) is 22.9 Å². The van der Waals surface area contributed by atoms with Crippen LogP contribution in [-0.4, -0.2) is 28.1 Å². The molecule has 4 rings (SSSR count). The Morgan fingerprint density at radius 2 is 1.82 bits per heavy atom. The molecule has 0 aliphatic rings. The molecule has 198 valence electrons. The first-order chi connectivity index (χ1) is 17.9. The molecule has 0 amide bonds. The summed E-state index contributed by atoms with van der Waals surface area (Å²) in [5.41, 5.74) is 2.64. The van der Waals surface area contributed by atoms with E-state index >= 15 is 0 Å². The number of rotatable bonds is 7. The lowest BCUT2D eigenvalue weighted by atomic mass is 9.91. The molecule has 0 spiro atoms. The zero-order valence-electron chi connectivity index (χ0n) is 21.5. The number of ether oxygens (including phenoxy) is 2. The standard InChI is InChI=1S/C28H26ClFN2O5S/c1-6-36-27(33)24(37-28(3,4)5)22-15(2)13-20-25(23(22)16-7-10-18(29)11-8-16)38-26(31-20)17-9-12-19(30)21(14-17)32(34)35/h7-14,24H,6H2,1-5H3/t24-/m0/s1. The Bertz CT molecular complexity index is 1530. The van der Waals surface area contributed by atoms with Gasteiger partial charge in [0.2, 0.25) is 5.82 Å². The molecular formula is C28H26ClFN2O5S. The molecule has 0 aliphatic heterocycles. The second kappa shape index (κ2) is 10.8. The quantitative estimate of drug-likeness (QED) is 0.130. The first-order valence-electron chi connectivity index (χ1n) is 11.9. The van der Waals surface area contributed by atoms with Gasteiger partial charge in [0.25, 0.3) is 0 Å². The highest BCUT2D eigenvalue weighted by molar-refractivity contribution is 7.22. The van der Waals surface area contributed by atoms with E-state index in [1.54, 1.807) is 19.1 Å². The number of nitro groups is 1. The molecule has 0 saturated heterocycles. The van der Waals surface area contributed by atoms with Crippen molar-refractivity contribution in [3.8, 4) is 21.7 Å². The fourth-order valence-electron chi connectivity index (χ4n) is 4.16. The average molecular weight is 557 g/mol. The Morgan fingerprint density at radius 3 is 2.42 bits per heavy atom. The maximum Gasteiger partial charge on any atom is 0.339 e. The van der Waals surface area contributed by atoms with Gasteiger partial charge in [-0.1, -0.05) is 23.7 Å². The SMILES string of the molecule is CCOC(=O)[C@@H](OC(C)(C)C)c1c(C)cc2nc(-c3ccc(F)c([N+](=O)[O-])c3)sc2c1-c1ccc(Cl)cc1. The van der Waals surface area contributed by atoms with Crippen molar-refractivity contribution in [2.24, 2.45) is 0 Å². The minimum Gasteiger partial charge on any atom is -0.464 e. The average Bonchev–Trinajstić information content (AvgIpc) is 3.25. The van der Waals surface area contributed by atoms with Crippen LogP contribution in [0.1, 0.15) is 44.9 Å². The molecule has 10 heteroatoms. The van der Waals surface area contributed by atoms with Gasteiger partial charge in [-0.3, -0.25) is 10.1 Å². The lowest BCUT2D eigenvalue weighted by molar-refractivity contribution is -0.387. The van der Waals surface area contributed by atoms with E-state index in [9.17, 15) is 19.3 Å². The number of aryl methyl sites for hydroxylation is 1. The Labute approximate surface area is 228 Å². The van der Waals surface area contributed by atoms with Crippen molar-refractivity contribution in [3.63, 3.8) is 0 Å². The van der Waals surface area contributed by atoms with Gasteiger partial charge >= 0.3 is 11.7 Å². The highest BCUT2D eigenvalue weighted by atomic mass is 35.5. The van der Waals surface area contributed by atoms with Gasteiger partial charge in [-0.15, -0.1) is 11.3 Å². The molecule has 0 bridgehead atoms. The van der Waals surface area contributed by atoms with E-state index in [2.05, 4.69) is 0 Å². The molecule has 0 fully saturated rings. The van der Waals surface area contributed by atoms with E-state index < -0.39 is 34.1 Å². The molecular weight excluding hydrogens is 531 g/mol. The summed E-state index contributed by atoms with van der Waals surface area (Å²) in [5, 5.41) is 12.3. The molecule has 1 atom stereocenters. The molecule has 1 aromatic heterocycles. The molecule has 0 unspecified atom stereocenters. The third-order valence-corrected chi connectivity index (χ3v) is 7.07. The molecule has 0 radical (unpaired) electrons. The number of benzene rings is 3.